The summed E-state index contributed by atoms with van der Waals surface area (Å²) in [7, 11) is 3.40. The molecular weight excluding hydrogens is 326 g/mol. The summed E-state index contributed by atoms with van der Waals surface area (Å²) < 4.78 is 13.4. The number of ether oxygens (including phenoxy) is 2. The molecule has 1 aromatic heterocycles. The van der Waals surface area contributed by atoms with Gasteiger partial charge in [0.1, 0.15) is 5.82 Å². The summed E-state index contributed by atoms with van der Waals surface area (Å²) in [5.41, 5.74) is 2.44. The number of benzene rings is 1. The van der Waals surface area contributed by atoms with Gasteiger partial charge in [0.2, 0.25) is 0 Å². The Balaban J connectivity index is 1.65. The number of rotatable bonds is 7. The number of para-hydroxylation sites is 1. The molecule has 26 heavy (non-hydrogen) atoms. The van der Waals surface area contributed by atoms with Gasteiger partial charge >= 0.3 is 0 Å². The van der Waals surface area contributed by atoms with Gasteiger partial charge in [-0.1, -0.05) is 12.1 Å². The van der Waals surface area contributed by atoms with Gasteiger partial charge in [0.05, 0.1) is 14.2 Å². The first-order chi connectivity index (χ1) is 12.5. The SMILES string of the molecule is COc1cccc(CN2CCC(Cc3ncc(C)n3C(C)C)C2)c1OC. The lowest BCUT2D eigenvalue weighted by molar-refractivity contribution is 0.300. The number of aryl methyl sites for hydroxylation is 1. The van der Waals surface area contributed by atoms with E-state index < -0.39 is 0 Å². The Morgan fingerprint density at radius 1 is 1.23 bits per heavy atom. The van der Waals surface area contributed by atoms with E-state index in [-0.39, 0.29) is 0 Å². The Morgan fingerprint density at radius 2 is 2.04 bits per heavy atom. The fraction of sp³-hybridized carbons (Fsp3) is 0.571. The second-order valence-corrected chi connectivity index (χ2v) is 7.53. The van der Waals surface area contributed by atoms with Crippen molar-refractivity contribution in [2.75, 3.05) is 27.3 Å². The molecule has 0 saturated carbocycles. The summed E-state index contributed by atoms with van der Waals surface area (Å²) in [5.74, 6) is 3.54. The molecule has 0 spiro atoms. The van der Waals surface area contributed by atoms with E-state index in [0.29, 0.717) is 12.0 Å². The summed E-state index contributed by atoms with van der Waals surface area (Å²) in [6.45, 7) is 9.72. The van der Waals surface area contributed by atoms with E-state index in [1.165, 1.54) is 23.5 Å². The van der Waals surface area contributed by atoms with Crippen LogP contribution in [0.1, 0.15) is 43.4 Å². The highest BCUT2D eigenvalue weighted by molar-refractivity contribution is 5.46. The van der Waals surface area contributed by atoms with Gasteiger partial charge in [-0.25, -0.2) is 4.98 Å². The molecule has 1 atom stereocenters. The largest absolute Gasteiger partial charge is 0.493 e. The average molecular weight is 357 g/mol. The first-order valence-electron chi connectivity index (χ1n) is 9.48. The van der Waals surface area contributed by atoms with Gasteiger partial charge < -0.3 is 14.0 Å². The molecule has 5 heteroatoms. The minimum Gasteiger partial charge on any atom is -0.493 e. The van der Waals surface area contributed by atoms with Crippen molar-refractivity contribution in [1.82, 2.24) is 14.5 Å². The highest BCUT2D eigenvalue weighted by Crippen LogP contribution is 2.33. The molecule has 0 N–H and O–H groups in total. The Bertz CT molecular complexity index is 739. The van der Waals surface area contributed by atoms with Crippen LogP contribution in [0.2, 0.25) is 0 Å². The maximum atomic E-state index is 5.58. The van der Waals surface area contributed by atoms with Crippen molar-refractivity contribution < 1.29 is 9.47 Å². The van der Waals surface area contributed by atoms with E-state index in [1.807, 2.05) is 18.3 Å². The van der Waals surface area contributed by atoms with E-state index >= 15 is 0 Å². The molecule has 142 valence electrons. The van der Waals surface area contributed by atoms with Crippen LogP contribution in [0.25, 0.3) is 0 Å². The molecule has 1 aromatic carbocycles. The van der Waals surface area contributed by atoms with Crippen LogP contribution in [0.5, 0.6) is 11.5 Å². The van der Waals surface area contributed by atoms with Crippen LogP contribution < -0.4 is 9.47 Å². The van der Waals surface area contributed by atoms with Crippen LogP contribution >= 0.6 is 0 Å². The van der Waals surface area contributed by atoms with Crippen LogP contribution in [0.3, 0.4) is 0 Å². The maximum absolute atomic E-state index is 5.58. The Kier molecular flexibility index (Phi) is 5.87. The molecular formula is C21H31N3O2. The number of imidazole rings is 1. The highest BCUT2D eigenvalue weighted by atomic mass is 16.5. The minimum absolute atomic E-state index is 0.464. The van der Waals surface area contributed by atoms with Crippen molar-refractivity contribution in [2.45, 2.75) is 46.2 Å². The van der Waals surface area contributed by atoms with E-state index in [2.05, 4.69) is 41.3 Å². The van der Waals surface area contributed by atoms with E-state index in [9.17, 15) is 0 Å². The highest BCUT2D eigenvalue weighted by Gasteiger charge is 2.26. The number of hydrogen-bond donors (Lipinski definition) is 0. The number of methoxy groups -OCH3 is 2. The number of likely N-dealkylation sites (tertiary alicyclic amines) is 1. The van der Waals surface area contributed by atoms with Gasteiger partial charge in [-0.05, 0) is 45.7 Å². The van der Waals surface area contributed by atoms with E-state index in [1.54, 1.807) is 14.2 Å². The molecule has 2 aromatic rings. The zero-order valence-corrected chi connectivity index (χ0v) is 16.7. The molecule has 1 fully saturated rings. The van der Waals surface area contributed by atoms with Gasteiger partial charge in [-0.3, -0.25) is 4.90 Å². The molecule has 1 aliphatic rings. The van der Waals surface area contributed by atoms with E-state index in [4.69, 9.17) is 9.47 Å². The fourth-order valence-electron chi connectivity index (χ4n) is 4.15. The van der Waals surface area contributed by atoms with Crippen molar-refractivity contribution in [1.29, 1.82) is 0 Å². The smallest absolute Gasteiger partial charge is 0.165 e. The molecule has 3 rings (SSSR count). The van der Waals surface area contributed by atoms with Crippen molar-refractivity contribution in [3.8, 4) is 11.5 Å². The Morgan fingerprint density at radius 3 is 2.73 bits per heavy atom. The topological polar surface area (TPSA) is 39.5 Å². The molecule has 1 aliphatic heterocycles. The predicted molar refractivity (Wildman–Crippen MR) is 104 cm³/mol. The Labute approximate surface area is 156 Å². The third-order valence-electron chi connectivity index (χ3n) is 5.29. The van der Waals surface area contributed by atoms with Gasteiger partial charge in [0, 0.05) is 43.0 Å². The second-order valence-electron chi connectivity index (χ2n) is 7.53. The first-order valence-corrected chi connectivity index (χ1v) is 9.48. The van der Waals surface area contributed by atoms with Crippen LogP contribution in [-0.2, 0) is 13.0 Å². The van der Waals surface area contributed by atoms with Gasteiger partial charge in [-0.2, -0.15) is 0 Å². The zero-order valence-electron chi connectivity index (χ0n) is 16.7. The maximum Gasteiger partial charge on any atom is 0.165 e. The first kappa shape index (κ1) is 18.8. The molecule has 0 bridgehead atoms. The Hall–Kier alpha value is -2.01. The fourth-order valence-corrected chi connectivity index (χ4v) is 4.15. The van der Waals surface area contributed by atoms with Gasteiger partial charge in [0.25, 0.3) is 0 Å². The van der Waals surface area contributed by atoms with Crippen molar-refractivity contribution in [2.24, 2.45) is 5.92 Å². The van der Waals surface area contributed by atoms with Crippen LogP contribution in [0.4, 0.5) is 0 Å². The summed E-state index contributed by atoms with van der Waals surface area (Å²) >= 11 is 0. The van der Waals surface area contributed by atoms with Crippen molar-refractivity contribution >= 4 is 0 Å². The third kappa shape index (κ3) is 3.88. The number of hydrogen-bond acceptors (Lipinski definition) is 4. The molecule has 1 saturated heterocycles. The van der Waals surface area contributed by atoms with Crippen LogP contribution in [0, 0.1) is 12.8 Å². The normalized spacial score (nSPS) is 17.8. The quantitative estimate of drug-likeness (QED) is 0.754. The molecule has 0 radical (unpaired) electrons. The molecule has 1 unspecified atom stereocenters. The monoisotopic (exact) mass is 357 g/mol. The van der Waals surface area contributed by atoms with Crippen LogP contribution in [-0.4, -0.2) is 41.8 Å². The third-order valence-corrected chi connectivity index (χ3v) is 5.29. The lowest BCUT2D eigenvalue weighted by atomic mass is 10.0. The average Bonchev–Trinajstić information content (AvgIpc) is 3.21. The van der Waals surface area contributed by atoms with E-state index in [0.717, 1.165) is 37.6 Å². The molecule has 0 aliphatic carbocycles. The lowest BCUT2D eigenvalue weighted by Gasteiger charge is -2.20. The summed E-state index contributed by atoms with van der Waals surface area (Å²) in [5, 5.41) is 0. The standard InChI is InChI=1S/C21H31N3O2/c1-15(2)24-16(3)12-22-20(24)11-17-9-10-23(13-17)14-18-7-6-8-19(25-4)21(18)26-5/h6-8,12,15,17H,9-11,13-14H2,1-5H3. The van der Waals surface area contributed by atoms with Gasteiger partial charge in [0.15, 0.2) is 11.5 Å². The van der Waals surface area contributed by atoms with Crippen LogP contribution in [0.15, 0.2) is 24.4 Å². The van der Waals surface area contributed by atoms with Crippen molar-refractivity contribution in [3.63, 3.8) is 0 Å². The van der Waals surface area contributed by atoms with Crippen molar-refractivity contribution in [3.05, 3.63) is 41.5 Å². The second kappa shape index (κ2) is 8.12. The minimum atomic E-state index is 0.464. The number of nitrogens with zero attached hydrogens (tertiary/aromatic N) is 3. The number of aromatic nitrogens is 2. The van der Waals surface area contributed by atoms with Gasteiger partial charge in [-0.15, -0.1) is 0 Å². The molecule has 2 heterocycles. The summed E-state index contributed by atoms with van der Waals surface area (Å²) in [4.78, 5) is 7.18. The molecule has 5 nitrogen and oxygen atoms in total. The summed E-state index contributed by atoms with van der Waals surface area (Å²) in [6.07, 6.45) is 4.28. The zero-order chi connectivity index (χ0) is 18.7. The summed E-state index contributed by atoms with van der Waals surface area (Å²) in [6, 6.07) is 6.57. The molecule has 0 amide bonds. The lowest BCUT2D eigenvalue weighted by Crippen LogP contribution is -2.21. The predicted octanol–water partition coefficient (Wildman–Crippen LogP) is 3.85.